The van der Waals surface area contributed by atoms with Crippen LogP contribution in [0.1, 0.15) is 67.7 Å². The summed E-state index contributed by atoms with van der Waals surface area (Å²) in [4.78, 5) is 9.73. The van der Waals surface area contributed by atoms with Crippen LogP contribution in [0, 0.1) is 16.2 Å². The fraction of sp³-hybridized carbons (Fsp3) is 1.00. The van der Waals surface area contributed by atoms with Crippen LogP contribution in [0.4, 0.5) is 0 Å². The van der Waals surface area contributed by atoms with Crippen molar-refractivity contribution in [2.75, 3.05) is 19.8 Å². The Balaban J connectivity index is 4.81. The molecular formula is C16H35O5P. The van der Waals surface area contributed by atoms with Crippen molar-refractivity contribution in [3.63, 3.8) is 0 Å². The van der Waals surface area contributed by atoms with Gasteiger partial charge in [0, 0.05) is 6.61 Å². The van der Waals surface area contributed by atoms with E-state index >= 15 is 0 Å². The SMILES string of the molecule is CC(C)(C)CC(C)(COP(=O)(O)OCCCO)CC(C)(C)C. The van der Waals surface area contributed by atoms with Gasteiger partial charge >= 0.3 is 7.82 Å². The summed E-state index contributed by atoms with van der Waals surface area (Å²) in [5, 5.41) is 8.69. The van der Waals surface area contributed by atoms with Gasteiger partial charge in [0.2, 0.25) is 0 Å². The van der Waals surface area contributed by atoms with Crippen LogP contribution in [0.15, 0.2) is 0 Å². The molecule has 5 nitrogen and oxygen atoms in total. The van der Waals surface area contributed by atoms with Gasteiger partial charge in [-0.2, -0.15) is 0 Å². The van der Waals surface area contributed by atoms with Crippen LogP contribution in [-0.2, 0) is 13.6 Å². The molecule has 0 saturated carbocycles. The predicted molar refractivity (Wildman–Crippen MR) is 89.7 cm³/mol. The minimum absolute atomic E-state index is 0.0134. The van der Waals surface area contributed by atoms with E-state index in [1.165, 1.54) is 0 Å². The number of aliphatic hydroxyl groups is 1. The molecule has 0 aromatic carbocycles. The Morgan fingerprint density at radius 3 is 1.73 bits per heavy atom. The summed E-state index contributed by atoms with van der Waals surface area (Å²) in [7, 11) is -4.06. The van der Waals surface area contributed by atoms with Crippen LogP contribution < -0.4 is 0 Å². The third-order valence-electron chi connectivity index (χ3n) is 3.05. The van der Waals surface area contributed by atoms with E-state index in [1.54, 1.807) is 0 Å². The molecule has 1 unspecified atom stereocenters. The Morgan fingerprint density at radius 2 is 1.36 bits per heavy atom. The number of phosphoric ester groups is 1. The van der Waals surface area contributed by atoms with E-state index in [-0.39, 0.29) is 36.1 Å². The van der Waals surface area contributed by atoms with Crippen LogP contribution in [0.3, 0.4) is 0 Å². The first-order valence-corrected chi connectivity index (χ1v) is 9.40. The molecule has 0 aromatic rings. The third kappa shape index (κ3) is 11.6. The molecule has 134 valence electrons. The first kappa shape index (κ1) is 22.1. The van der Waals surface area contributed by atoms with Crippen molar-refractivity contribution in [1.82, 2.24) is 0 Å². The summed E-state index contributed by atoms with van der Waals surface area (Å²) >= 11 is 0. The monoisotopic (exact) mass is 338 g/mol. The summed E-state index contributed by atoms with van der Waals surface area (Å²) in [6, 6.07) is 0. The Kier molecular flexibility index (Phi) is 8.28. The molecule has 0 saturated heterocycles. The second-order valence-electron chi connectivity index (χ2n) is 8.94. The number of hydrogen-bond donors (Lipinski definition) is 2. The molecule has 6 heteroatoms. The van der Waals surface area contributed by atoms with Crippen molar-refractivity contribution in [2.24, 2.45) is 16.2 Å². The smallest absolute Gasteiger partial charge is 0.396 e. The van der Waals surface area contributed by atoms with Gasteiger partial charge in [-0.3, -0.25) is 9.05 Å². The number of phosphoric acid groups is 1. The predicted octanol–water partition coefficient (Wildman–Crippen LogP) is 4.38. The van der Waals surface area contributed by atoms with E-state index in [2.05, 4.69) is 48.5 Å². The van der Waals surface area contributed by atoms with Crippen molar-refractivity contribution in [3.05, 3.63) is 0 Å². The summed E-state index contributed by atoms with van der Waals surface area (Å²) in [6.07, 6.45) is 2.08. The highest BCUT2D eigenvalue weighted by Gasteiger charge is 2.36. The summed E-state index contributed by atoms with van der Waals surface area (Å²) in [5.41, 5.74) is -0.0175. The maximum absolute atomic E-state index is 11.9. The summed E-state index contributed by atoms with van der Waals surface area (Å²) in [6.45, 7) is 15.1. The van der Waals surface area contributed by atoms with Crippen LogP contribution in [0.5, 0.6) is 0 Å². The molecule has 0 aliphatic heterocycles. The maximum Gasteiger partial charge on any atom is 0.472 e. The molecule has 0 spiro atoms. The Morgan fingerprint density at radius 1 is 0.909 bits per heavy atom. The molecule has 0 aliphatic carbocycles. The lowest BCUT2D eigenvalue weighted by Crippen LogP contribution is -2.32. The Labute approximate surface area is 136 Å². The van der Waals surface area contributed by atoms with Crippen LogP contribution in [-0.4, -0.2) is 29.8 Å². The second kappa shape index (κ2) is 8.25. The number of rotatable bonds is 9. The first-order valence-electron chi connectivity index (χ1n) is 7.91. The summed E-state index contributed by atoms with van der Waals surface area (Å²) < 4.78 is 22.0. The lowest BCUT2D eigenvalue weighted by molar-refractivity contribution is 0.0400. The third-order valence-corrected chi connectivity index (χ3v) is 4.01. The largest absolute Gasteiger partial charge is 0.472 e. The molecular weight excluding hydrogens is 303 g/mol. The van der Waals surface area contributed by atoms with Gasteiger partial charge in [0.15, 0.2) is 0 Å². The molecule has 0 fully saturated rings. The zero-order chi connectivity index (χ0) is 17.7. The number of aliphatic hydroxyl groups excluding tert-OH is 1. The molecule has 0 heterocycles. The molecule has 0 rings (SSSR count). The lowest BCUT2D eigenvalue weighted by atomic mass is 9.68. The molecule has 22 heavy (non-hydrogen) atoms. The van der Waals surface area contributed by atoms with E-state index in [4.69, 9.17) is 14.2 Å². The van der Waals surface area contributed by atoms with Gasteiger partial charge < -0.3 is 10.00 Å². The molecule has 1 atom stereocenters. The van der Waals surface area contributed by atoms with Crippen LogP contribution in [0.2, 0.25) is 0 Å². The Bertz CT molecular complexity index is 352. The van der Waals surface area contributed by atoms with Crippen molar-refractivity contribution in [1.29, 1.82) is 0 Å². The fourth-order valence-electron chi connectivity index (χ4n) is 3.24. The molecule has 0 radical (unpaired) electrons. The van der Waals surface area contributed by atoms with Gasteiger partial charge in [-0.15, -0.1) is 0 Å². The standard InChI is InChI=1S/C16H35O5P/c1-14(2,3)11-16(7,12-15(4,5)6)13-21-22(18,19)20-10-8-9-17/h17H,8-13H2,1-7H3,(H,18,19). The minimum Gasteiger partial charge on any atom is -0.396 e. The van der Waals surface area contributed by atoms with E-state index in [1.807, 2.05) is 0 Å². The average Bonchev–Trinajstić information content (AvgIpc) is 2.21. The second-order valence-corrected chi connectivity index (χ2v) is 10.4. The van der Waals surface area contributed by atoms with Crippen LogP contribution in [0.25, 0.3) is 0 Å². The van der Waals surface area contributed by atoms with Crippen LogP contribution >= 0.6 is 7.82 Å². The highest BCUT2D eigenvalue weighted by atomic mass is 31.2. The average molecular weight is 338 g/mol. The quantitative estimate of drug-likeness (QED) is 0.482. The number of hydrogen-bond acceptors (Lipinski definition) is 4. The fourth-order valence-corrected chi connectivity index (χ4v) is 4.15. The van der Waals surface area contributed by atoms with Gasteiger partial charge in [0.05, 0.1) is 13.2 Å². The molecule has 0 amide bonds. The molecule has 0 bridgehead atoms. The lowest BCUT2D eigenvalue weighted by Gasteiger charge is -2.40. The van der Waals surface area contributed by atoms with E-state index in [0.717, 1.165) is 12.8 Å². The van der Waals surface area contributed by atoms with E-state index in [0.29, 0.717) is 6.42 Å². The Hall–Kier alpha value is 0.0700. The van der Waals surface area contributed by atoms with Crippen molar-refractivity contribution >= 4 is 7.82 Å². The minimum atomic E-state index is -4.06. The zero-order valence-electron chi connectivity index (χ0n) is 15.3. The summed E-state index contributed by atoms with van der Waals surface area (Å²) in [5.74, 6) is 0. The molecule has 0 aliphatic rings. The van der Waals surface area contributed by atoms with Gasteiger partial charge in [-0.05, 0) is 35.5 Å². The zero-order valence-corrected chi connectivity index (χ0v) is 16.2. The first-order chi connectivity index (χ1) is 9.68. The van der Waals surface area contributed by atoms with Crippen molar-refractivity contribution < 1.29 is 23.6 Å². The molecule has 0 aromatic heterocycles. The highest BCUT2D eigenvalue weighted by molar-refractivity contribution is 7.47. The van der Waals surface area contributed by atoms with Gasteiger partial charge in [-0.25, -0.2) is 4.57 Å². The van der Waals surface area contributed by atoms with E-state index in [9.17, 15) is 9.46 Å². The van der Waals surface area contributed by atoms with E-state index < -0.39 is 7.82 Å². The van der Waals surface area contributed by atoms with Gasteiger partial charge in [-0.1, -0.05) is 48.5 Å². The molecule has 2 N–H and O–H groups in total. The van der Waals surface area contributed by atoms with Crippen molar-refractivity contribution in [2.45, 2.75) is 67.7 Å². The van der Waals surface area contributed by atoms with Gasteiger partial charge in [0.1, 0.15) is 0 Å². The van der Waals surface area contributed by atoms with Gasteiger partial charge in [0.25, 0.3) is 0 Å². The van der Waals surface area contributed by atoms with Crippen molar-refractivity contribution in [3.8, 4) is 0 Å². The topological polar surface area (TPSA) is 76.0 Å². The highest BCUT2D eigenvalue weighted by Crippen LogP contribution is 2.49. The maximum atomic E-state index is 11.9. The normalized spacial score (nSPS) is 16.6.